The van der Waals surface area contributed by atoms with Crippen molar-refractivity contribution >= 4 is 0 Å². The van der Waals surface area contributed by atoms with Crippen LogP contribution in [0.25, 0.3) is 0 Å². The standard InChI is InChI=1S/C15H23NO4/c1-11(2)9-17-4-5-18-13-7-15-14(19-10-20-15)6-12(13)8-16-3/h6-7,11,16H,4-5,8-10H2,1-3H3. The van der Waals surface area contributed by atoms with Crippen molar-refractivity contribution in [3.8, 4) is 17.2 Å². The molecule has 1 heterocycles. The second-order valence-electron chi connectivity index (χ2n) is 5.16. The first-order chi connectivity index (χ1) is 9.70. The van der Waals surface area contributed by atoms with Crippen molar-refractivity contribution in [3.63, 3.8) is 0 Å². The summed E-state index contributed by atoms with van der Waals surface area (Å²) in [7, 11) is 1.90. The Labute approximate surface area is 120 Å². The summed E-state index contributed by atoms with van der Waals surface area (Å²) in [5, 5.41) is 3.12. The summed E-state index contributed by atoms with van der Waals surface area (Å²) >= 11 is 0. The molecule has 112 valence electrons. The number of nitrogens with one attached hydrogen (secondary N) is 1. The Hall–Kier alpha value is -1.46. The maximum absolute atomic E-state index is 5.80. The average molecular weight is 281 g/mol. The fraction of sp³-hybridized carbons (Fsp3) is 0.600. The summed E-state index contributed by atoms with van der Waals surface area (Å²) in [6.45, 7) is 7.13. The van der Waals surface area contributed by atoms with Crippen molar-refractivity contribution in [3.05, 3.63) is 17.7 Å². The van der Waals surface area contributed by atoms with E-state index in [0.717, 1.165) is 36.0 Å². The lowest BCUT2D eigenvalue weighted by molar-refractivity contribution is 0.0815. The summed E-state index contributed by atoms with van der Waals surface area (Å²) in [6, 6.07) is 3.85. The molecule has 0 fully saturated rings. The zero-order valence-corrected chi connectivity index (χ0v) is 12.4. The van der Waals surface area contributed by atoms with Gasteiger partial charge in [-0.1, -0.05) is 13.8 Å². The minimum absolute atomic E-state index is 0.273. The molecule has 1 aromatic rings. The maximum Gasteiger partial charge on any atom is 0.231 e. The number of benzene rings is 1. The highest BCUT2D eigenvalue weighted by Crippen LogP contribution is 2.38. The van der Waals surface area contributed by atoms with Gasteiger partial charge in [0.1, 0.15) is 12.4 Å². The van der Waals surface area contributed by atoms with Gasteiger partial charge in [-0.05, 0) is 19.0 Å². The Balaban J connectivity index is 1.92. The molecule has 0 spiro atoms. The zero-order chi connectivity index (χ0) is 14.4. The predicted molar refractivity (Wildman–Crippen MR) is 76.5 cm³/mol. The van der Waals surface area contributed by atoms with Gasteiger partial charge < -0.3 is 24.3 Å². The SMILES string of the molecule is CNCc1cc2c(cc1OCCOCC(C)C)OCO2. The van der Waals surface area contributed by atoms with Crippen LogP contribution < -0.4 is 19.5 Å². The Morgan fingerprint density at radius 1 is 1.20 bits per heavy atom. The highest BCUT2D eigenvalue weighted by Gasteiger charge is 2.17. The van der Waals surface area contributed by atoms with Crippen LogP contribution in [0.15, 0.2) is 12.1 Å². The van der Waals surface area contributed by atoms with Crippen LogP contribution in [0.1, 0.15) is 19.4 Å². The number of ether oxygens (including phenoxy) is 4. The van der Waals surface area contributed by atoms with Crippen molar-refractivity contribution in [1.82, 2.24) is 5.32 Å². The predicted octanol–water partition coefficient (Wildman–Crippen LogP) is 2.19. The van der Waals surface area contributed by atoms with E-state index in [4.69, 9.17) is 18.9 Å². The number of fused-ring (bicyclic) bond motifs is 1. The molecular weight excluding hydrogens is 258 g/mol. The Morgan fingerprint density at radius 3 is 2.65 bits per heavy atom. The lowest BCUT2D eigenvalue weighted by Crippen LogP contribution is -2.12. The van der Waals surface area contributed by atoms with Crippen LogP contribution in [-0.2, 0) is 11.3 Å². The summed E-state index contributed by atoms with van der Waals surface area (Å²) < 4.78 is 22.1. The quantitative estimate of drug-likeness (QED) is 0.740. The lowest BCUT2D eigenvalue weighted by atomic mass is 10.1. The van der Waals surface area contributed by atoms with Crippen LogP contribution in [0.2, 0.25) is 0 Å². The van der Waals surface area contributed by atoms with Gasteiger partial charge in [-0.3, -0.25) is 0 Å². The molecular formula is C15H23NO4. The zero-order valence-electron chi connectivity index (χ0n) is 12.4. The highest BCUT2D eigenvalue weighted by molar-refractivity contribution is 5.51. The van der Waals surface area contributed by atoms with Gasteiger partial charge in [-0.25, -0.2) is 0 Å². The Morgan fingerprint density at radius 2 is 1.95 bits per heavy atom. The Bertz CT molecular complexity index is 434. The second-order valence-corrected chi connectivity index (χ2v) is 5.16. The number of rotatable bonds is 8. The van der Waals surface area contributed by atoms with E-state index in [1.807, 2.05) is 19.2 Å². The molecule has 1 aliphatic heterocycles. The molecule has 2 rings (SSSR count). The summed E-state index contributed by atoms with van der Waals surface area (Å²) in [6.07, 6.45) is 0. The normalized spacial score (nSPS) is 13.0. The van der Waals surface area contributed by atoms with Crippen LogP contribution in [0.4, 0.5) is 0 Å². The topological polar surface area (TPSA) is 49.0 Å². The summed E-state index contributed by atoms with van der Waals surface area (Å²) in [5.41, 5.74) is 1.06. The van der Waals surface area contributed by atoms with Gasteiger partial charge in [-0.2, -0.15) is 0 Å². The van der Waals surface area contributed by atoms with Crippen molar-refractivity contribution in [2.24, 2.45) is 5.92 Å². The van der Waals surface area contributed by atoms with E-state index in [9.17, 15) is 0 Å². The monoisotopic (exact) mass is 281 g/mol. The molecule has 1 aromatic carbocycles. The molecule has 20 heavy (non-hydrogen) atoms. The van der Waals surface area contributed by atoms with Crippen LogP contribution in [0.3, 0.4) is 0 Å². The molecule has 0 aromatic heterocycles. The van der Waals surface area contributed by atoms with Crippen molar-refractivity contribution in [2.45, 2.75) is 20.4 Å². The molecule has 0 amide bonds. The first-order valence-electron chi connectivity index (χ1n) is 6.98. The molecule has 0 aliphatic carbocycles. The molecule has 5 nitrogen and oxygen atoms in total. The van der Waals surface area contributed by atoms with E-state index in [-0.39, 0.29) is 6.79 Å². The largest absolute Gasteiger partial charge is 0.491 e. The van der Waals surface area contributed by atoms with Gasteiger partial charge in [-0.15, -0.1) is 0 Å². The molecule has 0 atom stereocenters. The minimum Gasteiger partial charge on any atom is -0.491 e. The third-order valence-electron chi connectivity index (χ3n) is 2.86. The third-order valence-corrected chi connectivity index (χ3v) is 2.86. The van der Waals surface area contributed by atoms with Gasteiger partial charge in [0.2, 0.25) is 6.79 Å². The lowest BCUT2D eigenvalue weighted by Gasteiger charge is -2.13. The summed E-state index contributed by atoms with van der Waals surface area (Å²) in [4.78, 5) is 0. The molecule has 1 N–H and O–H groups in total. The molecule has 1 aliphatic rings. The van der Waals surface area contributed by atoms with Crippen LogP contribution in [0, 0.1) is 5.92 Å². The fourth-order valence-corrected chi connectivity index (χ4v) is 1.96. The van der Waals surface area contributed by atoms with Crippen LogP contribution >= 0.6 is 0 Å². The van der Waals surface area contributed by atoms with Crippen molar-refractivity contribution < 1.29 is 18.9 Å². The van der Waals surface area contributed by atoms with Crippen molar-refractivity contribution in [2.75, 3.05) is 33.7 Å². The number of hydrogen-bond donors (Lipinski definition) is 1. The van der Waals surface area contributed by atoms with Gasteiger partial charge in [0.05, 0.1) is 6.61 Å². The van der Waals surface area contributed by atoms with Crippen molar-refractivity contribution in [1.29, 1.82) is 0 Å². The van der Waals surface area contributed by atoms with Gasteiger partial charge in [0.15, 0.2) is 11.5 Å². The minimum atomic E-state index is 0.273. The maximum atomic E-state index is 5.80. The second kappa shape index (κ2) is 7.36. The summed E-state index contributed by atoms with van der Waals surface area (Å²) in [5.74, 6) is 2.87. The third kappa shape index (κ3) is 4.02. The van der Waals surface area contributed by atoms with E-state index < -0.39 is 0 Å². The van der Waals surface area contributed by atoms with E-state index in [1.54, 1.807) is 0 Å². The van der Waals surface area contributed by atoms with Gasteiger partial charge in [0.25, 0.3) is 0 Å². The molecule has 0 unspecified atom stereocenters. The van der Waals surface area contributed by atoms with Gasteiger partial charge in [0, 0.05) is 24.8 Å². The smallest absolute Gasteiger partial charge is 0.231 e. The molecule has 0 bridgehead atoms. The van der Waals surface area contributed by atoms with E-state index in [2.05, 4.69) is 19.2 Å². The van der Waals surface area contributed by atoms with Crippen LogP contribution in [-0.4, -0.2) is 33.7 Å². The fourth-order valence-electron chi connectivity index (χ4n) is 1.96. The molecule has 5 heteroatoms. The first-order valence-corrected chi connectivity index (χ1v) is 6.98. The van der Waals surface area contributed by atoms with E-state index >= 15 is 0 Å². The Kier molecular flexibility index (Phi) is 5.49. The number of hydrogen-bond acceptors (Lipinski definition) is 5. The first kappa shape index (κ1) is 14.9. The molecule has 0 saturated carbocycles. The highest BCUT2D eigenvalue weighted by atomic mass is 16.7. The van der Waals surface area contributed by atoms with Gasteiger partial charge >= 0.3 is 0 Å². The van der Waals surface area contributed by atoms with E-state index in [1.165, 1.54) is 0 Å². The molecule has 0 saturated heterocycles. The van der Waals surface area contributed by atoms with Crippen LogP contribution in [0.5, 0.6) is 17.2 Å². The van der Waals surface area contributed by atoms with E-state index in [0.29, 0.717) is 19.1 Å². The average Bonchev–Trinajstić information content (AvgIpc) is 2.85. The molecule has 0 radical (unpaired) electrons.